The molecule has 1 aromatic heterocycles. The van der Waals surface area contributed by atoms with Crippen LogP contribution in [0.4, 0.5) is 0 Å². The smallest absolute Gasteiger partial charge is 0.286 e. The number of amides is 1. The molecular formula is C19H18Cl2N2O5S2. The molecule has 0 N–H and O–H groups in total. The largest absolute Gasteiger partial charge is 0.482 e. The van der Waals surface area contributed by atoms with Crippen molar-refractivity contribution in [3.8, 4) is 5.75 Å². The molecular weight excluding hydrogens is 471 g/mol. The van der Waals surface area contributed by atoms with E-state index in [9.17, 15) is 13.2 Å². The highest BCUT2D eigenvalue weighted by Gasteiger charge is 2.13. The first-order chi connectivity index (χ1) is 14.2. The molecule has 11 heteroatoms. The van der Waals surface area contributed by atoms with E-state index in [2.05, 4.69) is 4.99 Å². The molecule has 0 aliphatic carbocycles. The van der Waals surface area contributed by atoms with Gasteiger partial charge in [-0.25, -0.2) is 8.42 Å². The van der Waals surface area contributed by atoms with Gasteiger partial charge in [0.25, 0.3) is 5.91 Å². The fraction of sp³-hybridized carbons (Fsp3) is 0.263. The molecule has 3 aromatic rings. The fourth-order valence-corrected chi connectivity index (χ4v) is 4.94. The van der Waals surface area contributed by atoms with Crippen LogP contribution in [0.1, 0.15) is 0 Å². The molecule has 0 spiro atoms. The van der Waals surface area contributed by atoms with E-state index in [-0.39, 0.29) is 11.5 Å². The second-order valence-electron chi connectivity index (χ2n) is 6.30. The molecule has 0 saturated heterocycles. The quantitative estimate of drug-likeness (QED) is 0.507. The number of fused-ring (bicyclic) bond motifs is 1. The van der Waals surface area contributed by atoms with E-state index in [1.807, 2.05) is 4.57 Å². The topological polar surface area (TPSA) is 87.0 Å². The fourth-order valence-electron chi connectivity index (χ4n) is 2.64. The zero-order valence-corrected chi connectivity index (χ0v) is 19.2. The molecule has 0 aliphatic heterocycles. The first-order valence-electron chi connectivity index (χ1n) is 8.67. The molecule has 1 heterocycles. The van der Waals surface area contributed by atoms with E-state index < -0.39 is 15.7 Å². The third-order valence-corrected chi connectivity index (χ3v) is 6.75. The zero-order chi connectivity index (χ0) is 21.9. The summed E-state index contributed by atoms with van der Waals surface area (Å²) in [5, 5.41) is 0.752. The maximum atomic E-state index is 12.4. The lowest BCUT2D eigenvalue weighted by Gasteiger charge is -2.06. The Balaban J connectivity index is 1.93. The predicted molar refractivity (Wildman–Crippen MR) is 117 cm³/mol. The number of halogens is 2. The van der Waals surface area contributed by atoms with Crippen molar-refractivity contribution in [1.82, 2.24) is 4.57 Å². The average Bonchev–Trinajstić information content (AvgIpc) is 3.01. The van der Waals surface area contributed by atoms with Crippen molar-refractivity contribution in [3.63, 3.8) is 0 Å². The Morgan fingerprint density at radius 1 is 1.20 bits per heavy atom. The number of hydrogen-bond donors (Lipinski definition) is 0. The maximum Gasteiger partial charge on any atom is 0.286 e. The summed E-state index contributed by atoms with van der Waals surface area (Å²) in [6.07, 6.45) is 1.15. The van der Waals surface area contributed by atoms with Gasteiger partial charge in [-0.1, -0.05) is 34.5 Å². The van der Waals surface area contributed by atoms with Gasteiger partial charge in [0.1, 0.15) is 5.75 Å². The Labute approximate surface area is 187 Å². The number of ether oxygens (including phenoxy) is 2. The van der Waals surface area contributed by atoms with E-state index >= 15 is 0 Å². The Morgan fingerprint density at radius 3 is 2.63 bits per heavy atom. The van der Waals surface area contributed by atoms with Crippen molar-refractivity contribution in [2.75, 3.05) is 26.6 Å². The highest BCUT2D eigenvalue weighted by atomic mass is 35.5. The number of carbonyl (C=O) groups is 1. The number of sulfone groups is 1. The van der Waals surface area contributed by atoms with Gasteiger partial charge >= 0.3 is 0 Å². The minimum Gasteiger partial charge on any atom is -0.482 e. The summed E-state index contributed by atoms with van der Waals surface area (Å²) < 4.78 is 36.8. The zero-order valence-electron chi connectivity index (χ0n) is 16.1. The highest BCUT2D eigenvalue weighted by molar-refractivity contribution is 7.90. The van der Waals surface area contributed by atoms with Crippen LogP contribution in [0.3, 0.4) is 0 Å². The lowest BCUT2D eigenvalue weighted by molar-refractivity contribution is -0.120. The van der Waals surface area contributed by atoms with Crippen molar-refractivity contribution in [1.29, 1.82) is 0 Å². The van der Waals surface area contributed by atoms with Gasteiger partial charge in [-0.3, -0.25) is 4.79 Å². The molecule has 160 valence electrons. The molecule has 3 rings (SSSR count). The molecule has 30 heavy (non-hydrogen) atoms. The second kappa shape index (κ2) is 9.49. The van der Waals surface area contributed by atoms with Crippen molar-refractivity contribution in [3.05, 3.63) is 51.2 Å². The third kappa shape index (κ3) is 5.41. The number of hydrogen-bond acceptors (Lipinski definition) is 6. The van der Waals surface area contributed by atoms with Gasteiger partial charge in [-0.05, 0) is 36.4 Å². The van der Waals surface area contributed by atoms with Crippen LogP contribution in [0, 0.1) is 0 Å². The van der Waals surface area contributed by atoms with Crippen LogP contribution in [0.2, 0.25) is 10.0 Å². The van der Waals surface area contributed by atoms with Gasteiger partial charge in [-0.2, -0.15) is 4.99 Å². The van der Waals surface area contributed by atoms with Crippen molar-refractivity contribution in [2.24, 2.45) is 4.99 Å². The number of aromatic nitrogens is 1. The number of carbonyl (C=O) groups excluding carboxylic acids is 1. The summed E-state index contributed by atoms with van der Waals surface area (Å²) in [7, 11) is -1.78. The lowest BCUT2D eigenvalue weighted by Crippen LogP contribution is -2.21. The van der Waals surface area contributed by atoms with Gasteiger partial charge < -0.3 is 14.0 Å². The minimum absolute atomic E-state index is 0.203. The van der Waals surface area contributed by atoms with E-state index in [0.717, 1.165) is 11.8 Å². The average molecular weight is 489 g/mol. The van der Waals surface area contributed by atoms with Gasteiger partial charge in [-0.15, -0.1) is 0 Å². The van der Waals surface area contributed by atoms with Crippen molar-refractivity contribution < 1.29 is 22.7 Å². The molecule has 0 unspecified atom stereocenters. The SMILES string of the molecule is COCCn1c(=NC(=O)COc2ccc(Cl)cc2Cl)sc2cc(S(C)(=O)=O)ccc21. The summed E-state index contributed by atoms with van der Waals surface area (Å²) in [4.78, 5) is 17.2. The monoisotopic (exact) mass is 488 g/mol. The number of methoxy groups -OCH3 is 1. The molecule has 2 aromatic carbocycles. The van der Waals surface area contributed by atoms with Crippen LogP contribution < -0.4 is 9.54 Å². The van der Waals surface area contributed by atoms with Gasteiger partial charge in [0.05, 0.1) is 26.7 Å². The highest BCUT2D eigenvalue weighted by Crippen LogP contribution is 2.27. The summed E-state index contributed by atoms with van der Waals surface area (Å²) >= 11 is 13.1. The van der Waals surface area contributed by atoms with Crippen molar-refractivity contribution >= 4 is 60.5 Å². The van der Waals surface area contributed by atoms with Gasteiger partial charge in [0, 0.05) is 24.9 Å². The number of thiazole rings is 1. The van der Waals surface area contributed by atoms with Crippen LogP contribution in [-0.4, -0.2) is 45.5 Å². The van der Waals surface area contributed by atoms with E-state index in [0.29, 0.717) is 38.4 Å². The number of nitrogens with zero attached hydrogens (tertiary/aromatic N) is 2. The third-order valence-electron chi connectivity index (χ3n) is 4.07. The Kier molecular flexibility index (Phi) is 7.20. The van der Waals surface area contributed by atoms with Crippen LogP contribution >= 0.6 is 34.5 Å². The van der Waals surface area contributed by atoms with Crippen LogP contribution in [0.15, 0.2) is 46.3 Å². The standard InChI is InChI=1S/C19H18Cl2N2O5S2/c1-27-8-7-23-15-5-4-13(30(2,25)26)10-17(15)29-19(23)22-18(24)11-28-16-6-3-12(20)9-14(16)21/h3-6,9-10H,7-8,11H2,1-2H3. The summed E-state index contributed by atoms with van der Waals surface area (Å²) in [5.74, 6) is -0.187. The Morgan fingerprint density at radius 2 is 1.97 bits per heavy atom. The van der Waals surface area contributed by atoms with Gasteiger partial charge in [0.15, 0.2) is 21.2 Å². The molecule has 1 amide bonds. The predicted octanol–water partition coefficient (Wildman–Crippen LogP) is 3.57. The molecule has 0 radical (unpaired) electrons. The first-order valence-corrected chi connectivity index (χ1v) is 12.1. The summed E-state index contributed by atoms with van der Waals surface area (Å²) in [6, 6.07) is 9.50. The summed E-state index contributed by atoms with van der Waals surface area (Å²) in [6.45, 7) is 0.539. The Hall–Kier alpha value is -1.91. The van der Waals surface area contributed by atoms with Crippen LogP contribution in [-0.2, 0) is 25.9 Å². The van der Waals surface area contributed by atoms with Crippen LogP contribution in [0.5, 0.6) is 5.75 Å². The maximum absolute atomic E-state index is 12.4. The number of benzene rings is 2. The Bertz CT molecular complexity index is 1270. The van der Waals surface area contributed by atoms with E-state index in [4.69, 9.17) is 32.7 Å². The number of rotatable bonds is 7. The summed E-state index contributed by atoms with van der Waals surface area (Å²) in [5.41, 5.74) is 0.762. The molecule has 0 bridgehead atoms. The lowest BCUT2D eigenvalue weighted by atomic mass is 10.3. The van der Waals surface area contributed by atoms with E-state index in [1.54, 1.807) is 31.4 Å². The molecule has 0 aliphatic rings. The van der Waals surface area contributed by atoms with E-state index in [1.165, 1.54) is 23.5 Å². The molecule has 0 saturated carbocycles. The molecule has 0 fully saturated rings. The normalized spacial score (nSPS) is 12.5. The van der Waals surface area contributed by atoms with Crippen LogP contribution in [0.25, 0.3) is 10.2 Å². The minimum atomic E-state index is -3.35. The van der Waals surface area contributed by atoms with Crippen molar-refractivity contribution in [2.45, 2.75) is 11.4 Å². The molecule has 7 nitrogen and oxygen atoms in total. The second-order valence-corrected chi connectivity index (χ2v) is 10.2. The molecule has 0 atom stereocenters. The first kappa shape index (κ1) is 22.8. The van der Waals surface area contributed by atoms with Gasteiger partial charge in [0.2, 0.25) is 0 Å².